The van der Waals surface area contributed by atoms with Crippen LogP contribution in [-0.4, -0.2) is 23.2 Å². The molecule has 0 fully saturated rings. The summed E-state index contributed by atoms with van der Waals surface area (Å²) in [7, 11) is 1.72. The summed E-state index contributed by atoms with van der Waals surface area (Å²) in [5.41, 5.74) is 3.55. The summed E-state index contributed by atoms with van der Waals surface area (Å²) >= 11 is 1.42. The minimum absolute atomic E-state index is 0.0826. The van der Waals surface area contributed by atoms with Gasteiger partial charge in [0.05, 0.1) is 24.2 Å². The van der Waals surface area contributed by atoms with E-state index in [0.29, 0.717) is 0 Å². The van der Waals surface area contributed by atoms with Gasteiger partial charge >= 0.3 is 0 Å². The SMILES string of the molecule is CCNC(c1cnns1)c1ccc(C)c(C)c1OC. The van der Waals surface area contributed by atoms with Crippen molar-refractivity contribution in [2.24, 2.45) is 0 Å². The highest BCUT2D eigenvalue weighted by molar-refractivity contribution is 7.05. The van der Waals surface area contributed by atoms with Crippen molar-refractivity contribution >= 4 is 11.5 Å². The van der Waals surface area contributed by atoms with Crippen molar-refractivity contribution in [1.29, 1.82) is 0 Å². The van der Waals surface area contributed by atoms with Crippen LogP contribution >= 0.6 is 11.5 Å². The lowest BCUT2D eigenvalue weighted by atomic mass is 9.98. The Hall–Kier alpha value is -1.46. The highest BCUT2D eigenvalue weighted by atomic mass is 32.1. The maximum absolute atomic E-state index is 5.61. The van der Waals surface area contributed by atoms with Gasteiger partial charge in [-0.3, -0.25) is 0 Å². The van der Waals surface area contributed by atoms with E-state index in [-0.39, 0.29) is 6.04 Å². The molecule has 2 rings (SSSR count). The molecule has 0 saturated heterocycles. The van der Waals surface area contributed by atoms with Gasteiger partial charge in [0.25, 0.3) is 0 Å². The van der Waals surface area contributed by atoms with Crippen LogP contribution < -0.4 is 10.1 Å². The summed E-state index contributed by atoms with van der Waals surface area (Å²) in [6, 6.07) is 4.33. The number of aromatic nitrogens is 2. The number of hydrogen-bond donors (Lipinski definition) is 1. The van der Waals surface area contributed by atoms with E-state index in [1.54, 1.807) is 7.11 Å². The van der Waals surface area contributed by atoms with Crippen molar-refractivity contribution in [2.45, 2.75) is 26.8 Å². The summed E-state index contributed by atoms with van der Waals surface area (Å²) in [4.78, 5) is 1.10. The molecule has 1 aromatic heterocycles. The summed E-state index contributed by atoms with van der Waals surface area (Å²) in [5, 5.41) is 7.41. The van der Waals surface area contributed by atoms with Gasteiger partial charge in [-0.25, -0.2) is 0 Å². The number of benzene rings is 1. The molecule has 0 bridgehead atoms. The largest absolute Gasteiger partial charge is 0.496 e. The van der Waals surface area contributed by atoms with Crippen molar-refractivity contribution in [3.63, 3.8) is 0 Å². The first-order valence-corrected chi connectivity index (χ1v) is 7.11. The molecule has 19 heavy (non-hydrogen) atoms. The number of hydrogen-bond acceptors (Lipinski definition) is 5. The van der Waals surface area contributed by atoms with Crippen molar-refractivity contribution in [3.05, 3.63) is 39.9 Å². The van der Waals surface area contributed by atoms with Crippen LogP contribution in [0.3, 0.4) is 0 Å². The van der Waals surface area contributed by atoms with Gasteiger partial charge in [0.2, 0.25) is 0 Å². The third-order valence-electron chi connectivity index (χ3n) is 3.29. The number of nitrogens with one attached hydrogen (secondary N) is 1. The molecule has 1 N–H and O–H groups in total. The Morgan fingerprint density at radius 1 is 1.37 bits per heavy atom. The second-order valence-corrected chi connectivity index (χ2v) is 5.26. The Morgan fingerprint density at radius 3 is 2.74 bits per heavy atom. The number of rotatable bonds is 5. The molecule has 0 radical (unpaired) electrons. The van der Waals surface area contributed by atoms with Crippen LogP contribution in [0, 0.1) is 13.8 Å². The lowest BCUT2D eigenvalue weighted by Gasteiger charge is -2.21. The van der Waals surface area contributed by atoms with Crippen LogP contribution in [0.1, 0.15) is 34.5 Å². The third kappa shape index (κ3) is 2.77. The molecule has 0 spiro atoms. The van der Waals surface area contributed by atoms with Crippen LogP contribution in [0.15, 0.2) is 18.3 Å². The fourth-order valence-electron chi connectivity index (χ4n) is 2.18. The molecule has 1 aromatic carbocycles. The molecule has 5 heteroatoms. The molecule has 0 aliphatic heterocycles. The summed E-state index contributed by atoms with van der Waals surface area (Å²) in [6.07, 6.45) is 1.81. The molecular weight excluding hydrogens is 258 g/mol. The highest BCUT2D eigenvalue weighted by Crippen LogP contribution is 2.34. The normalized spacial score (nSPS) is 12.4. The first kappa shape index (κ1) is 14.0. The zero-order valence-electron chi connectivity index (χ0n) is 11.7. The molecule has 102 valence electrons. The van der Waals surface area contributed by atoms with E-state index >= 15 is 0 Å². The van der Waals surface area contributed by atoms with Crippen LogP contribution in [0.5, 0.6) is 5.75 Å². The molecular formula is C14H19N3OS. The Labute approximate surface area is 118 Å². The standard InChI is InChI=1S/C14H19N3OS/c1-5-15-13(12-8-16-17-19-12)11-7-6-9(2)10(3)14(11)18-4/h6-8,13,15H,5H2,1-4H3. The molecule has 4 nitrogen and oxygen atoms in total. The van der Waals surface area contributed by atoms with E-state index < -0.39 is 0 Å². The van der Waals surface area contributed by atoms with Crippen LogP contribution in [-0.2, 0) is 0 Å². The van der Waals surface area contributed by atoms with Gasteiger partial charge in [-0.2, -0.15) is 0 Å². The monoisotopic (exact) mass is 277 g/mol. The van der Waals surface area contributed by atoms with Gasteiger partial charge in [0, 0.05) is 5.56 Å². The molecule has 1 unspecified atom stereocenters. The number of nitrogens with zero attached hydrogens (tertiary/aromatic N) is 2. The van der Waals surface area contributed by atoms with Crippen LogP contribution in [0.2, 0.25) is 0 Å². The minimum Gasteiger partial charge on any atom is -0.496 e. The third-order valence-corrected chi connectivity index (χ3v) is 4.02. The number of methoxy groups -OCH3 is 1. The van der Waals surface area contributed by atoms with Crippen LogP contribution in [0.4, 0.5) is 0 Å². The Kier molecular flexibility index (Phi) is 4.50. The predicted molar refractivity (Wildman–Crippen MR) is 77.9 cm³/mol. The van der Waals surface area contributed by atoms with Gasteiger partial charge in [0.15, 0.2) is 0 Å². The first-order chi connectivity index (χ1) is 9.19. The smallest absolute Gasteiger partial charge is 0.127 e. The molecule has 0 saturated carbocycles. The van der Waals surface area contributed by atoms with E-state index in [2.05, 4.69) is 47.8 Å². The van der Waals surface area contributed by atoms with E-state index in [9.17, 15) is 0 Å². The van der Waals surface area contributed by atoms with E-state index in [1.165, 1.54) is 22.7 Å². The molecule has 1 atom stereocenters. The van der Waals surface area contributed by atoms with E-state index in [4.69, 9.17) is 4.74 Å². The second kappa shape index (κ2) is 6.12. The zero-order chi connectivity index (χ0) is 13.8. The maximum Gasteiger partial charge on any atom is 0.127 e. The predicted octanol–water partition coefficient (Wildman–Crippen LogP) is 2.86. The Balaban J connectivity index is 2.51. The lowest BCUT2D eigenvalue weighted by Crippen LogP contribution is -2.22. The van der Waals surface area contributed by atoms with E-state index in [0.717, 1.165) is 22.7 Å². The molecule has 1 heterocycles. The topological polar surface area (TPSA) is 47.0 Å². The van der Waals surface area contributed by atoms with Crippen molar-refractivity contribution in [1.82, 2.24) is 14.9 Å². The van der Waals surface area contributed by atoms with Crippen molar-refractivity contribution in [3.8, 4) is 5.75 Å². The molecule has 0 aliphatic rings. The summed E-state index contributed by atoms with van der Waals surface area (Å²) in [5.74, 6) is 0.944. The van der Waals surface area contributed by atoms with Gasteiger partial charge in [-0.05, 0) is 43.1 Å². The Morgan fingerprint density at radius 2 is 2.16 bits per heavy atom. The summed E-state index contributed by atoms with van der Waals surface area (Å²) in [6.45, 7) is 7.15. The highest BCUT2D eigenvalue weighted by Gasteiger charge is 2.21. The first-order valence-electron chi connectivity index (χ1n) is 6.33. The molecule has 0 amide bonds. The number of aryl methyl sites for hydroxylation is 1. The average Bonchev–Trinajstić information content (AvgIpc) is 2.93. The van der Waals surface area contributed by atoms with Crippen molar-refractivity contribution in [2.75, 3.05) is 13.7 Å². The van der Waals surface area contributed by atoms with Gasteiger partial charge in [-0.15, -0.1) is 5.10 Å². The van der Waals surface area contributed by atoms with E-state index in [1.807, 2.05) is 6.20 Å². The second-order valence-electron chi connectivity index (χ2n) is 4.44. The van der Waals surface area contributed by atoms with Crippen LogP contribution in [0.25, 0.3) is 0 Å². The molecule has 0 aliphatic carbocycles. The van der Waals surface area contributed by atoms with Gasteiger partial charge in [-0.1, -0.05) is 23.5 Å². The Bertz CT molecular complexity index is 540. The minimum atomic E-state index is 0.0826. The maximum atomic E-state index is 5.61. The van der Waals surface area contributed by atoms with Gasteiger partial charge in [0.1, 0.15) is 5.75 Å². The zero-order valence-corrected chi connectivity index (χ0v) is 12.5. The molecule has 2 aromatic rings. The average molecular weight is 277 g/mol. The van der Waals surface area contributed by atoms with Crippen molar-refractivity contribution < 1.29 is 4.74 Å². The summed E-state index contributed by atoms with van der Waals surface area (Å²) < 4.78 is 9.56. The lowest BCUT2D eigenvalue weighted by molar-refractivity contribution is 0.401. The number of ether oxygens (including phenoxy) is 1. The quantitative estimate of drug-likeness (QED) is 0.913. The van der Waals surface area contributed by atoms with Gasteiger partial charge < -0.3 is 10.1 Å². The fourth-order valence-corrected chi connectivity index (χ4v) is 2.78. The fraction of sp³-hybridized carbons (Fsp3) is 0.429.